The molecule has 0 radical (unpaired) electrons. The normalized spacial score (nSPS) is 17.3. The number of carbonyl (C=O) groups is 2. The average Bonchev–Trinajstić information content (AvgIpc) is 2.81. The van der Waals surface area contributed by atoms with Crippen molar-refractivity contribution >= 4 is 12.1 Å². The van der Waals surface area contributed by atoms with Crippen molar-refractivity contribution in [1.82, 2.24) is 4.90 Å². The van der Waals surface area contributed by atoms with Crippen molar-refractivity contribution in [3.8, 4) is 0 Å². The van der Waals surface area contributed by atoms with Crippen LogP contribution in [-0.2, 0) is 9.59 Å². The van der Waals surface area contributed by atoms with Crippen LogP contribution in [0.1, 0.15) is 12.8 Å². The van der Waals surface area contributed by atoms with Crippen molar-refractivity contribution in [1.29, 1.82) is 0 Å². The fourth-order valence-corrected chi connectivity index (χ4v) is 1.17. The fraction of sp³-hybridized carbons (Fsp3) is 0.556. The van der Waals surface area contributed by atoms with Crippen LogP contribution >= 0.6 is 0 Å². The van der Waals surface area contributed by atoms with Gasteiger partial charge >= 0.3 is 0 Å². The molecule has 0 atom stereocenters. The van der Waals surface area contributed by atoms with Gasteiger partial charge in [0.1, 0.15) is 0 Å². The maximum absolute atomic E-state index is 10.8. The molecule has 1 aliphatic carbocycles. The first kappa shape index (κ1) is 8.97. The van der Waals surface area contributed by atoms with Gasteiger partial charge in [-0.1, -0.05) is 0 Å². The Labute approximate surface area is 72.0 Å². The van der Waals surface area contributed by atoms with E-state index in [0.29, 0.717) is 12.2 Å². The van der Waals surface area contributed by atoms with Crippen LogP contribution in [0.15, 0.2) is 11.8 Å². The second-order valence-corrected chi connectivity index (χ2v) is 3.26. The summed E-state index contributed by atoms with van der Waals surface area (Å²) in [6.45, 7) is 0. The van der Waals surface area contributed by atoms with E-state index in [1.165, 1.54) is 6.08 Å². The Morgan fingerprint density at radius 2 is 2.00 bits per heavy atom. The average molecular weight is 167 g/mol. The molecular formula is C9H13NO2. The van der Waals surface area contributed by atoms with Crippen LogP contribution in [0.4, 0.5) is 0 Å². The summed E-state index contributed by atoms with van der Waals surface area (Å²) < 4.78 is 0. The lowest BCUT2D eigenvalue weighted by atomic mass is 10.2. The predicted octanol–water partition coefficient (Wildman–Crippen LogP) is 0.610. The highest BCUT2D eigenvalue weighted by Crippen LogP contribution is 2.37. The van der Waals surface area contributed by atoms with E-state index in [-0.39, 0.29) is 0 Å². The van der Waals surface area contributed by atoms with E-state index in [4.69, 9.17) is 0 Å². The van der Waals surface area contributed by atoms with Crippen LogP contribution in [0.3, 0.4) is 0 Å². The number of aldehydes is 1. The highest BCUT2D eigenvalue weighted by Gasteiger charge is 2.27. The number of allylic oxidation sites excluding steroid dienone is 2. The summed E-state index contributed by atoms with van der Waals surface area (Å²) in [5, 5.41) is 0. The maximum Gasteiger partial charge on any atom is 0.219 e. The fourth-order valence-electron chi connectivity index (χ4n) is 1.17. The van der Waals surface area contributed by atoms with Gasteiger partial charge < -0.3 is 4.90 Å². The number of ketones is 1. The van der Waals surface area contributed by atoms with Gasteiger partial charge in [0.15, 0.2) is 6.29 Å². The number of nitrogens with zero attached hydrogens (tertiary/aromatic N) is 1. The molecule has 1 saturated carbocycles. The molecule has 3 nitrogen and oxygen atoms in total. The van der Waals surface area contributed by atoms with Crippen molar-refractivity contribution in [3.63, 3.8) is 0 Å². The molecule has 0 saturated heterocycles. The second kappa shape index (κ2) is 3.52. The molecule has 0 amide bonds. The Morgan fingerprint density at radius 1 is 1.42 bits per heavy atom. The Morgan fingerprint density at radius 3 is 2.33 bits per heavy atom. The van der Waals surface area contributed by atoms with Gasteiger partial charge in [0.05, 0.1) is 0 Å². The second-order valence-electron chi connectivity index (χ2n) is 3.26. The summed E-state index contributed by atoms with van der Waals surface area (Å²) in [6.07, 6.45) is 4.06. The standard InChI is InChI=1S/C9H13NO2/c1-10(2)9(7-3-4-7)5-8(12)6-11/h5-7H,3-4H2,1-2H3. The molecule has 0 aromatic rings. The van der Waals surface area contributed by atoms with Gasteiger partial charge in [-0.05, 0) is 18.8 Å². The van der Waals surface area contributed by atoms with Crippen molar-refractivity contribution in [2.24, 2.45) is 5.92 Å². The molecule has 66 valence electrons. The highest BCUT2D eigenvalue weighted by atomic mass is 16.2. The maximum atomic E-state index is 10.8. The largest absolute Gasteiger partial charge is 0.381 e. The number of carbonyl (C=O) groups excluding carboxylic acids is 2. The van der Waals surface area contributed by atoms with E-state index in [1.807, 2.05) is 19.0 Å². The molecule has 1 fully saturated rings. The van der Waals surface area contributed by atoms with Crippen molar-refractivity contribution in [2.75, 3.05) is 14.1 Å². The van der Waals surface area contributed by atoms with Crippen LogP contribution in [0.25, 0.3) is 0 Å². The van der Waals surface area contributed by atoms with Gasteiger partial charge in [0.2, 0.25) is 5.78 Å². The molecule has 0 aromatic carbocycles. The molecule has 0 heterocycles. The molecule has 0 spiro atoms. The first-order valence-electron chi connectivity index (χ1n) is 4.03. The van der Waals surface area contributed by atoms with E-state index in [9.17, 15) is 9.59 Å². The third kappa shape index (κ3) is 2.19. The van der Waals surface area contributed by atoms with E-state index in [1.54, 1.807) is 0 Å². The topological polar surface area (TPSA) is 37.4 Å². The molecule has 0 unspecified atom stereocenters. The molecule has 0 aliphatic heterocycles. The molecule has 1 rings (SSSR count). The number of hydrogen-bond donors (Lipinski definition) is 0. The molecule has 0 N–H and O–H groups in total. The van der Waals surface area contributed by atoms with Crippen LogP contribution in [-0.4, -0.2) is 31.1 Å². The van der Waals surface area contributed by atoms with Crippen LogP contribution in [0.2, 0.25) is 0 Å². The van der Waals surface area contributed by atoms with E-state index >= 15 is 0 Å². The quantitative estimate of drug-likeness (QED) is 0.350. The third-order valence-electron chi connectivity index (χ3n) is 1.92. The summed E-state index contributed by atoms with van der Waals surface area (Å²) in [4.78, 5) is 22.8. The molecule has 0 bridgehead atoms. The van der Waals surface area contributed by atoms with E-state index in [0.717, 1.165) is 18.5 Å². The number of rotatable bonds is 4. The first-order chi connectivity index (χ1) is 5.65. The van der Waals surface area contributed by atoms with E-state index < -0.39 is 5.78 Å². The van der Waals surface area contributed by atoms with Gasteiger partial charge in [0, 0.05) is 25.9 Å². The predicted molar refractivity (Wildman–Crippen MR) is 45.6 cm³/mol. The van der Waals surface area contributed by atoms with Gasteiger partial charge in [-0.3, -0.25) is 9.59 Å². The summed E-state index contributed by atoms with van der Waals surface area (Å²) in [5.74, 6) is 0.0644. The van der Waals surface area contributed by atoms with Gasteiger partial charge in [-0.15, -0.1) is 0 Å². The Kier molecular flexibility index (Phi) is 2.63. The minimum absolute atomic E-state index is 0.353. The summed E-state index contributed by atoms with van der Waals surface area (Å²) in [7, 11) is 3.78. The summed E-state index contributed by atoms with van der Waals surface area (Å²) in [5.41, 5.74) is 0.979. The lowest BCUT2D eigenvalue weighted by Gasteiger charge is -2.15. The zero-order valence-corrected chi connectivity index (χ0v) is 7.41. The first-order valence-corrected chi connectivity index (χ1v) is 4.03. The minimum Gasteiger partial charge on any atom is -0.381 e. The SMILES string of the molecule is CN(C)C(=CC(=O)C=O)C1CC1. The van der Waals surface area contributed by atoms with Crippen molar-refractivity contribution in [3.05, 3.63) is 11.8 Å². The van der Waals surface area contributed by atoms with Crippen LogP contribution in [0, 0.1) is 5.92 Å². The van der Waals surface area contributed by atoms with Gasteiger partial charge in [0.25, 0.3) is 0 Å². The van der Waals surface area contributed by atoms with Crippen LogP contribution in [0.5, 0.6) is 0 Å². The molecular weight excluding hydrogens is 154 g/mol. The van der Waals surface area contributed by atoms with Crippen molar-refractivity contribution < 1.29 is 9.59 Å². The molecule has 1 aliphatic rings. The van der Waals surface area contributed by atoms with Gasteiger partial charge in [-0.25, -0.2) is 0 Å². The van der Waals surface area contributed by atoms with Gasteiger partial charge in [-0.2, -0.15) is 0 Å². The van der Waals surface area contributed by atoms with Crippen molar-refractivity contribution in [2.45, 2.75) is 12.8 Å². The summed E-state index contributed by atoms with van der Waals surface area (Å²) >= 11 is 0. The Bertz CT molecular complexity index is 223. The molecule has 12 heavy (non-hydrogen) atoms. The lowest BCUT2D eigenvalue weighted by molar-refractivity contribution is -0.126. The highest BCUT2D eigenvalue weighted by molar-refractivity contribution is 6.30. The summed E-state index contributed by atoms with van der Waals surface area (Å²) in [6, 6.07) is 0. The smallest absolute Gasteiger partial charge is 0.219 e. The Balaban J connectivity index is 2.69. The zero-order valence-electron chi connectivity index (χ0n) is 7.41. The monoisotopic (exact) mass is 167 g/mol. The van der Waals surface area contributed by atoms with Crippen LogP contribution < -0.4 is 0 Å². The zero-order chi connectivity index (χ0) is 9.14. The lowest BCUT2D eigenvalue weighted by Crippen LogP contribution is -2.14. The van der Waals surface area contributed by atoms with E-state index in [2.05, 4.69) is 0 Å². The number of hydrogen-bond acceptors (Lipinski definition) is 3. The molecule has 3 heteroatoms. The molecule has 0 aromatic heterocycles. The third-order valence-corrected chi connectivity index (χ3v) is 1.92. The Hall–Kier alpha value is -1.12. The minimum atomic E-state index is -0.439.